The van der Waals surface area contributed by atoms with Crippen molar-refractivity contribution in [1.29, 1.82) is 0 Å². The van der Waals surface area contributed by atoms with Gasteiger partial charge in [-0.2, -0.15) is 4.98 Å². The van der Waals surface area contributed by atoms with E-state index in [1.807, 2.05) is 0 Å². The van der Waals surface area contributed by atoms with Crippen molar-refractivity contribution in [2.24, 2.45) is 0 Å². The molecule has 1 aliphatic heterocycles. The van der Waals surface area contributed by atoms with Gasteiger partial charge in [0.15, 0.2) is 11.2 Å². The number of hydrogen-bond donors (Lipinski definition) is 3. The van der Waals surface area contributed by atoms with Crippen molar-refractivity contribution in [3.05, 3.63) is 16.7 Å². The maximum Gasteiger partial charge on any atom is 0.386 e. The molecule has 1 fully saturated rings. The van der Waals surface area contributed by atoms with Crippen LogP contribution in [0.3, 0.4) is 0 Å². The number of nitrogens with one attached hydrogen (secondary N) is 1. The molecule has 0 amide bonds. The number of anilines is 1. The molecule has 3 atom stereocenters. The molecule has 2 aromatic rings. The summed E-state index contributed by atoms with van der Waals surface area (Å²) in [7, 11) is 0. The Labute approximate surface area is 134 Å². The number of imidazole rings is 1. The van der Waals surface area contributed by atoms with E-state index in [1.165, 1.54) is 12.6 Å². The minimum absolute atomic E-state index is 0.00307. The fraction of sp³-hybridized carbons (Fsp3) is 0.545. The number of ether oxygens (including phenoxy) is 1. The number of aromatic nitrogens is 4. The molecule has 23 heavy (non-hydrogen) atoms. The highest BCUT2D eigenvalue weighted by molar-refractivity contribution is 8.54. The van der Waals surface area contributed by atoms with E-state index >= 15 is 0 Å². The van der Waals surface area contributed by atoms with Crippen LogP contribution in [0.25, 0.3) is 11.2 Å². The Morgan fingerprint density at radius 1 is 1.65 bits per heavy atom. The second kappa shape index (κ2) is 6.25. The Bertz CT molecular complexity index is 823. The minimum atomic E-state index is -3.61. The van der Waals surface area contributed by atoms with Gasteiger partial charge in [-0.05, 0) is 30.5 Å². The fourth-order valence-corrected chi connectivity index (χ4v) is 3.36. The normalized spacial score (nSPS) is 24.1. The minimum Gasteiger partial charge on any atom is -0.369 e. The molecule has 0 spiro atoms. The third-order valence-electron chi connectivity index (χ3n) is 3.50. The summed E-state index contributed by atoms with van der Waals surface area (Å²) in [4.78, 5) is 31.7. The zero-order valence-corrected chi connectivity index (χ0v) is 13.9. The Hall–Kier alpha value is -1.39. The van der Waals surface area contributed by atoms with Gasteiger partial charge in [0, 0.05) is 0 Å². The van der Waals surface area contributed by atoms with Gasteiger partial charge in [-0.25, -0.2) is 9.55 Å². The first-order chi connectivity index (χ1) is 10.9. The number of H-pyrrole nitrogens is 1. The first kappa shape index (κ1) is 16.5. The van der Waals surface area contributed by atoms with E-state index in [1.54, 1.807) is 4.57 Å². The third-order valence-corrected chi connectivity index (χ3v) is 6.14. The third kappa shape index (κ3) is 3.43. The van der Waals surface area contributed by atoms with E-state index in [9.17, 15) is 14.3 Å². The second-order valence-corrected chi connectivity index (χ2v) is 9.05. The molecule has 4 N–H and O–H groups in total. The van der Waals surface area contributed by atoms with Gasteiger partial charge in [0.25, 0.3) is 5.56 Å². The quantitative estimate of drug-likeness (QED) is 0.660. The number of nitrogens with zero attached hydrogens (tertiary/aromatic N) is 3. The van der Waals surface area contributed by atoms with Gasteiger partial charge in [0.1, 0.15) is 6.23 Å². The number of hydrogen-bond acceptors (Lipinski definition) is 8. The van der Waals surface area contributed by atoms with Crippen LogP contribution in [0, 0.1) is 0 Å². The van der Waals surface area contributed by atoms with Gasteiger partial charge in [-0.1, -0.05) is 0 Å². The molecular weight excluding hydrogens is 345 g/mol. The molecule has 1 aliphatic rings. The molecule has 10 nitrogen and oxygen atoms in total. The van der Waals surface area contributed by atoms with Crippen LogP contribution in [-0.4, -0.2) is 43.4 Å². The van der Waals surface area contributed by atoms with E-state index in [4.69, 9.17) is 15.0 Å². The van der Waals surface area contributed by atoms with Crippen LogP contribution < -0.4 is 11.3 Å². The molecule has 0 aromatic carbocycles. The molecule has 3 rings (SSSR count). The summed E-state index contributed by atoms with van der Waals surface area (Å²) in [6.45, 7) is -3.59. The maximum absolute atomic E-state index is 11.8. The summed E-state index contributed by atoms with van der Waals surface area (Å²) in [5.74, 6) is 0.00307. The van der Waals surface area contributed by atoms with Crippen LogP contribution in [0.5, 0.6) is 0 Å². The summed E-state index contributed by atoms with van der Waals surface area (Å²) in [6.07, 6.45) is 3.57. The molecule has 1 unspecified atom stereocenters. The van der Waals surface area contributed by atoms with E-state index in [0.29, 0.717) is 18.5 Å². The average molecular weight is 361 g/mol. The number of rotatable bonds is 5. The molecule has 2 aromatic heterocycles. The lowest BCUT2D eigenvalue weighted by atomic mass is 10.2. The summed E-state index contributed by atoms with van der Waals surface area (Å²) in [5, 5.41) is 0. The summed E-state index contributed by atoms with van der Waals surface area (Å²) >= 11 is 0.770. The molecule has 126 valence electrons. The maximum atomic E-state index is 11.8. The number of nitrogen functional groups attached to an aromatic ring is 1. The topological polar surface area (TPSA) is 145 Å². The van der Waals surface area contributed by atoms with Crippen molar-refractivity contribution in [3.63, 3.8) is 0 Å². The van der Waals surface area contributed by atoms with Crippen LogP contribution in [-0.2, 0) is 13.8 Å². The summed E-state index contributed by atoms with van der Waals surface area (Å²) in [6, 6.07) is 0. The Morgan fingerprint density at radius 2 is 2.43 bits per heavy atom. The smallest absolute Gasteiger partial charge is 0.369 e. The Kier molecular flexibility index (Phi) is 4.47. The lowest BCUT2D eigenvalue weighted by Gasteiger charge is -2.16. The Balaban J connectivity index is 1.75. The number of aromatic amines is 1. The number of nitrogens with two attached hydrogens (primary N) is 1. The van der Waals surface area contributed by atoms with Crippen molar-refractivity contribution in [3.8, 4) is 0 Å². The van der Waals surface area contributed by atoms with Crippen LogP contribution in [0.15, 0.2) is 11.1 Å². The van der Waals surface area contributed by atoms with Gasteiger partial charge in [0.05, 0.1) is 19.0 Å². The van der Waals surface area contributed by atoms with Gasteiger partial charge >= 0.3 is 6.80 Å². The van der Waals surface area contributed by atoms with E-state index in [2.05, 4.69) is 15.0 Å². The van der Waals surface area contributed by atoms with E-state index < -0.39 is 12.4 Å². The highest BCUT2D eigenvalue weighted by Gasteiger charge is 2.30. The largest absolute Gasteiger partial charge is 0.386 e. The molecular formula is C11H16N5O5PS. The Morgan fingerprint density at radius 3 is 3.17 bits per heavy atom. The first-order valence-electron chi connectivity index (χ1n) is 6.80. The molecule has 1 saturated heterocycles. The van der Waals surface area contributed by atoms with Crippen LogP contribution >= 0.6 is 18.2 Å². The summed E-state index contributed by atoms with van der Waals surface area (Å²) in [5.41, 5.74) is 5.68. The zero-order valence-electron chi connectivity index (χ0n) is 12.2. The van der Waals surface area contributed by atoms with Crippen LogP contribution in [0.4, 0.5) is 5.95 Å². The fourth-order valence-electron chi connectivity index (χ4n) is 2.40. The van der Waals surface area contributed by atoms with Crippen molar-refractivity contribution < 1.29 is 18.7 Å². The summed E-state index contributed by atoms with van der Waals surface area (Å²) < 4.78 is 23.9. The van der Waals surface area contributed by atoms with E-state index in [-0.39, 0.29) is 30.4 Å². The predicted molar refractivity (Wildman–Crippen MR) is 85.0 cm³/mol. The predicted octanol–water partition coefficient (Wildman–Crippen LogP) is 0.859. The second-order valence-electron chi connectivity index (χ2n) is 5.01. The highest BCUT2D eigenvalue weighted by Crippen LogP contribution is 2.54. The van der Waals surface area contributed by atoms with Crippen molar-refractivity contribution in [2.45, 2.75) is 25.2 Å². The zero-order chi connectivity index (χ0) is 16.6. The molecule has 0 saturated carbocycles. The van der Waals surface area contributed by atoms with Crippen molar-refractivity contribution >= 4 is 35.3 Å². The highest BCUT2D eigenvalue weighted by atomic mass is 32.7. The lowest BCUT2D eigenvalue weighted by Crippen LogP contribution is -2.17. The van der Waals surface area contributed by atoms with Gasteiger partial charge in [-0.15, -0.1) is 0 Å². The molecule has 0 aliphatic carbocycles. The van der Waals surface area contributed by atoms with Gasteiger partial charge < -0.3 is 15.4 Å². The molecule has 0 bridgehead atoms. The molecule has 0 radical (unpaired) electrons. The van der Waals surface area contributed by atoms with Crippen LogP contribution in [0.2, 0.25) is 0 Å². The van der Waals surface area contributed by atoms with E-state index in [0.717, 1.165) is 11.4 Å². The average Bonchev–Trinajstić information content (AvgIpc) is 3.11. The number of fused-ring (bicyclic) bond motifs is 1. The lowest BCUT2D eigenvalue weighted by molar-refractivity contribution is -0.0166. The van der Waals surface area contributed by atoms with Gasteiger partial charge in [-0.3, -0.25) is 18.9 Å². The molecule has 3 heterocycles. The van der Waals surface area contributed by atoms with Gasteiger partial charge in [0.2, 0.25) is 5.95 Å². The SMILES string of the molecule is CSP(=O)(O)OC[C@@H]1CC[C@H](n2cnc3c(=O)[nH]c(N)nc32)O1. The monoisotopic (exact) mass is 361 g/mol. The molecule has 12 heteroatoms. The van der Waals surface area contributed by atoms with Crippen LogP contribution in [0.1, 0.15) is 19.1 Å². The van der Waals surface area contributed by atoms with Crippen molar-refractivity contribution in [1.82, 2.24) is 19.5 Å². The van der Waals surface area contributed by atoms with Crippen molar-refractivity contribution in [2.75, 3.05) is 18.6 Å². The standard InChI is InChI=1S/C11H16N5O5PS/c1-23-22(18,19)20-4-6-2-3-7(21-6)16-5-13-8-9(16)14-11(12)15-10(8)17/h5-7H,2-4H2,1H3,(H,18,19)(H3,12,14,15,17)/t6-,7+/m0/s1. The first-order valence-corrected chi connectivity index (χ1v) is 10.2.